The van der Waals surface area contributed by atoms with Crippen LogP contribution in [-0.4, -0.2) is 15.7 Å². The first-order valence-corrected chi connectivity index (χ1v) is 5.96. The van der Waals surface area contributed by atoms with Crippen molar-refractivity contribution in [3.05, 3.63) is 30.1 Å². The van der Waals surface area contributed by atoms with Crippen molar-refractivity contribution in [2.45, 2.75) is 39.7 Å². The number of pyridine rings is 1. The smallest absolute Gasteiger partial charge is 0.0896 e. The van der Waals surface area contributed by atoms with Crippen LogP contribution in [0.5, 0.6) is 0 Å². The molecule has 0 aliphatic heterocycles. The van der Waals surface area contributed by atoms with Gasteiger partial charge in [-0.1, -0.05) is 19.9 Å². The van der Waals surface area contributed by atoms with E-state index in [1.807, 2.05) is 16.8 Å². The summed E-state index contributed by atoms with van der Waals surface area (Å²) in [6.45, 7) is 6.47. The van der Waals surface area contributed by atoms with E-state index in [0.717, 1.165) is 24.1 Å². The molecule has 0 amide bonds. The Balaban J connectivity index is 2.39. The average molecular weight is 217 g/mol. The molecule has 86 valence electrons. The highest BCUT2D eigenvalue weighted by Gasteiger charge is 2.11. The number of hydrogen-bond donors (Lipinski definition) is 1. The van der Waals surface area contributed by atoms with E-state index in [9.17, 15) is 0 Å². The molecule has 0 bridgehead atoms. The van der Waals surface area contributed by atoms with Crippen LogP contribution >= 0.6 is 0 Å². The van der Waals surface area contributed by atoms with E-state index < -0.39 is 0 Å². The zero-order valence-corrected chi connectivity index (χ0v) is 10.2. The molecule has 2 rings (SSSR count). The summed E-state index contributed by atoms with van der Waals surface area (Å²) in [7, 11) is 0. The van der Waals surface area contributed by atoms with Gasteiger partial charge >= 0.3 is 0 Å². The fraction of sp³-hybridized carbons (Fsp3) is 0.462. The molecule has 0 aromatic carbocycles. The largest absolute Gasteiger partial charge is 0.379 e. The van der Waals surface area contributed by atoms with Crippen molar-refractivity contribution in [1.82, 2.24) is 9.61 Å². The molecule has 0 unspecified atom stereocenters. The minimum atomic E-state index is 0.534. The molecule has 3 nitrogen and oxygen atoms in total. The average Bonchev–Trinajstić information content (AvgIpc) is 2.62. The lowest BCUT2D eigenvalue weighted by Gasteiger charge is -2.15. The van der Waals surface area contributed by atoms with E-state index in [4.69, 9.17) is 0 Å². The van der Waals surface area contributed by atoms with Crippen LogP contribution in [0.3, 0.4) is 0 Å². The van der Waals surface area contributed by atoms with Gasteiger partial charge < -0.3 is 5.32 Å². The molecule has 0 fully saturated rings. The number of aryl methyl sites for hydroxylation is 1. The summed E-state index contributed by atoms with van der Waals surface area (Å²) in [5, 5.41) is 8.08. The summed E-state index contributed by atoms with van der Waals surface area (Å²) in [4.78, 5) is 0. The number of fused-ring (bicyclic) bond motifs is 1. The third-order valence-corrected chi connectivity index (χ3v) is 3.05. The second-order valence-electron chi connectivity index (χ2n) is 4.15. The third kappa shape index (κ3) is 1.90. The third-order valence-electron chi connectivity index (χ3n) is 3.05. The number of aromatic nitrogens is 2. The Morgan fingerprint density at radius 3 is 2.75 bits per heavy atom. The van der Waals surface area contributed by atoms with E-state index in [0.29, 0.717) is 6.04 Å². The molecular formula is C13H19N3. The first-order valence-electron chi connectivity index (χ1n) is 5.96. The van der Waals surface area contributed by atoms with Gasteiger partial charge in [0.15, 0.2) is 0 Å². The van der Waals surface area contributed by atoms with Gasteiger partial charge in [-0.3, -0.25) is 0 Å². The van der Waals surface area contributed by atoms with Crippen molar-refractivity contribution in [3.63, 3.8) is 0 Å². The van der Waals surface area contributed by atoms with Gasteiger partial charge in [-0.25, -0.2) is 4.52 Å². The van der Waals surface area contributed by atoms with Crippen LogP contribution in [0.25, 0.3) is 5.52 Å². The Morgan fingerprint density at radius 1 is 1.31 bits per heavy atom. The first-order chi connectivity index (χ1) is 7.76. The minimum Gasteiger partial charge on any atom is -0.379 e. The Labute approximate surface area is 96.5 Å². The van der Waals surface area contributed by atoms with Crippen LogP contribution < -0.4 is 5.32 Å². The maximum atomic E-state index is 4.49. The SMILES string of the molecule is CCC(CC)Nc1c(C)nn2ccccc12. The molecule has 0 aliphatic carbocycles. The van der Waals surface area contributed by atoms with E-state index in [1.165, 1.54) is 5.69 Å². The van der Waals surface area contributed by atoms with Crippen molar-refractivity contribution in [1.29, 1.82) is 0 Å². The molecule has 0 radical (unpaired) electrons. The Bertz CT molecular complexity index is 469. The summed E-state index contributed by atoms with van der Waals surface area (Å²) in [6.07, 6.45) is 4.26. The molecule has 16 heavy (non-hydrogen) atoms. The molecule has 1 N–H and O–H groups in total. The lowest BCUT2D eigenvalue weighted by molar-refractivity contribution is 0.672. The summed E-state index contributed by atoms with van der Waals surface area (Å²) < 4.78 is 1.93. The van der Waals surface area contributed by atoms with Gasteiger partial charge in [-0.2, -0.15) is 5.10 Å². The van der Waals surface area contributed by atoms with Crippen LogP contribution in [0.2, 0.25) is 0 Å². The van der Waals surface area contributed by atoms with Gasteiger partial charge in [0.05, 0.1) is 16.9 Å². The summed E-state index contributed by atoms with van der Waals surface area (Å²) in [5.74, 6) is 0. The molecule has 0 aliphatic rings. The lowest BCUT2D eigenvalue weighted by atomic mass is 10.1. The zero-order chi connectivity index (χ0) is 11.5. The van der Waals surface area contributed by atoms with Gasteiger partial charge in [0.25, 0.3) is 0 Å². The normalized spacial score (nSPS) is 11.2. The number of hydrogen-bond acceptors (Lipinski definition) is 2. The predicted octanol–water partition coefficient (Wildman–Crippen LogP) is 3.24. The Hall–Kier alpha value is -1.51. The fourth-order valence-electron chi connectivity index (χ4n) is 1.99. The topological polar surface area (TPSA) is 29.3 Å². The van der Waals surface area contributed by atoms with Crippen molar-refractivity contribution in [2.75, 3.05) is 5.32 Å². The van der Waals surface area contributed by atoms with Gasteiger partial charge in [-0.15, -0.1) is 0 Å². The van der Waals surface area contributed by atoms with Crippen molar-refractivity contribution in [2.24, 2.45) is 0 Å². The summed E-state index contributed by atoms with van der Waals surface area (Å²) >= 11 is 0. The van der Waals surface area contributed by atoms with E-state index >= 15 is 0 Å². The van der Waals surface area contributed by atoms with Crippen molar-refractivity contribution in [3.8, 4) is 0 Å². The van der Waals surface area contributed by atoms with E-state index in [-0.39, 0.29) is 0 Å². The quantitative estimate of drug-likeness (QED) is 0.851. The van der Waals surface area contributed by atoms with Gasteiger partial charge in [-0.05, 0) is 31.9 Å². The number of anilines is 1. The van der Waals surface area contributed by atoms with E-state index in [2.05, 4.69) is 43.3 Å². The maximum Gasteiger partial charge on any atom is 0.0896 e. The number of rotatable bonds is 4. The summed E-state index contributed by atoms with van der Waals surface area (Å²) in [6, 6.07) is 6.69. The van der Waals surface area contributed by atoms with Crippen molar-refractivity contribution < 1.29 is 0 Å². The standard InChI is InChI=1S/C13H19N3/c1-4-11(5-2)14-13-10(3)15-16-9-7-6-8-12(13)16/h6-9,11,14H,4-5H2,1-3H3. The molecule has 0 saturated carbocycles. The van der Waals surface area contributed by atoms with Crippen LogP contribution in [0.15, 0.2) is 24.4 Å². The monoisotopic (exact) mass is 217 g/mol. The molecule has 0 spiro atoms. The van der Waals surface area contributed by atoms with Crippen LogP contribution in [0.4, 0.5) is 5.69 Å². The second kappa shape index (κ2) is 4.56. The number of nitrogens with zero attached hydrogens (tertiary/aromatic N) is 2. The van der Waals surface area contributed by atoms with Crippen LogP contribution in [0.1, 0.15) is 32.4 Å². The molecule has 2 aromatic heterocycles. The molecular weight excluding hydrogens is 198 g/mol. The highest BCUT2D eigenvalue weighted by molar-refractivity contribution is 5.74. The van der Waals surface area contributed by atoms with Gasteiger partial charge in [0.1, 0.15) is 0 Å². The van der Waals surface area contributed by atoms with E-state index in [1.54, 1.807) is 0 Å². The molecule has 2 heterocycles. The molecule has 2 aromatic rings. The summed E-state index contributed by atoms with van der Waals surface area (Å²) in [5.41, 5.74) is 3.40. The van der Waals surface area contributed by atoms with Crippen molar-refractivity contribution >= 4 is 11.2 Å². The molecule has 0 saturated heterocycles. The Kier molecular flexibility index (Phi) is 3.13. The van der Waals surface area contributed by atoms with Crippen LogP contribution in [-0.2, 0) is 0 Å². The Morgan fingerprint density at radius 2 is 2.06 bits per heavy atom. The highest BCUT2D eigenvalue weighted by atomic mass is 15.2. The first kappa shape index (κ1) is 11.0. The predicted molar refractivity (Wildman–Crippen MR) is 67.9 cm³/mol. The molecule has 0 atom stereocenters. The highest BCUT2D eigenvalue weighted by Crippen LogP contribution is 2.22. The minimum absolute atomic E-state index is 0.534. The number of nitrogens with one attached hydrogen (secondary N) is 1. The van der Waals surface area contributed by atoms with Gasteiger partial charge in [0, 0.05) is 12.2 Å². The van der Waals surface area contributed by atoms with Gasteiger partial charge in [0.2, 0.25) is 0 Å². The maximum absolute atomic E-state index is 4.49. The second-order valence-corrected chi connectivity index (χ2v) is 4.15. The van der Waals surface area contributed by atoms with Crippen LogP contribution in [0, 0.1) is 6.92 Å². The fourth-order valence-corrected chi connectivity index (χ4v) is 1.99. The lowest BCUT2D eigenvalue weighted by Crippen LogP contribution is -2.17. The zero-order valence-electron chi connectivity index (χ0n) is 10.2. The molecule has 3 heteroatoms.